The van der Waals surface area contributed by atoms with Gasteiger partial charge in [0, 0.05) is 13.0 Å². The first kappa shape index (κ1) is 17.0. The smallest absolute Gasteiger partial charge is 0.240 e. The van der Waals surface area contributed by atoms with Crippen molar-refractivity contribution in [3.63, 3.8) is 0 Å². The number of ether oxygens (including phenoxy) is 1. The van der Waals surface area contributed by atoms with Crippen molar-refractivity contribution in [2.24, 2.45) is 0 Å². The fraction of sp³-hybridized carbons (Fsp3) is 0.588. The highest BCUT2D eigenvalue weighted by Gasteiger charge is 2.32. The van der Waals surface area contributed by atoms with Gasteiger partial charge >= 0.3 is 0 Å². The number of hydrogen-bond donors (Lipinski definition) is 2. The third-order valence-corrected chi connectivity index (χ3v) is 6.75. The fourth-order valence-electron chi connectivity index (χ4n) is 3.94. The molecule has 0 saturated carbocycles. The molecule has 8 heteroatoms. The van der Waals surface area contributed by atoms with Crippen molar-refractivity contribution in [1.82, 2.24) is 4.72 Å². The van der Waals surface area contributed by atoms with E-state index in [0.29, 0.717) is 30.8 Å². The van der Waals surface area contributed by atoms with Crippen molar-refractivity contribution in [3.05, 3.63) is 23.3 Å². The van der Waals surface area contributed by atoms with Gasteiger partial charge in [-0.2, -0.15) is 0 Å². The molecule has 7 nitrogen and oxygen atoms in total. The normalized spacial score (nSPS) is 20.8. The Balaban J connectivity index is 1.48. The van der Waals surface area contributed by atoms with Crippen LogP contribution in [-0.4, -0.2) is 60.3 Å². The number of benzene rings is 1. The summed E-state index contributed by atoms with van der Waals surface area (Å²) >= 11 is 0. The van der Waals surface area contributed by atoms with E-state index >= 15 is 0 Å². The van der Waals surface area contributed by atoms with Crippen LogP contribution in [0.4, 0.5) is 5.69 Å². The Bertz CT molecular complexity index is 787. The van der Waals surface area contributed by atoms with E-state index in [4.69, 9.17) is 4.74 Å². The van der Waals surface area contributed by atoms with Crippen molar-refractivity contribution in [1.29, 1.82) is 0 Å². The maximum Gasteiger partial charge on any atom is 0.240 e. The van der Waals surface area contributed by atoms with Gasteiger partial charge in [0.05, 0.1) is 36.9 Å². The summed E-state index contributed by atoms with van der Waals surface area (Å²) in [6.45, 7) is 5.19. The largest absolute Gasteiger partial charge is 0.370 e. The van der Waals surface area contributed by atoms with Crippen molar-refractivity contribution >= 4 is 21.6 Å². The van der Waals surface area contributed by atoms with E-state index < -0.39 is 10.0 Å². The van der Waals surface area contributed by atoms with E-state index in [1.807, 2.05) is 0 Å². The number of nitrogens with zero attached hydrogens (tertiary/aromatic N) is 1. The second-order valence-electron chi connectivity index (χ2n) is 6.90. The lowest BCUT2D eigenvalue weighted by atomic mass is 10.00. The molecule has 0 bridgehead atoms. The van der Waals surface area contributed by atoms with Gasteiger partial charge in [-0.15, -0.1) is 0 Å². The maximum absolute atomic E-state index is 12.7. The quantitative estimate of drug-likeness (QED) is 0.680. The number of aryl methyl sites for hydroxylation is 1. The highest BCUT2D eigenvalue weighted by molar-refractivity contribution is 7.89. The van der Waals surface area contributed by atoms with Gasteiger partial charge in [-0.1, -0.05) is 0 Å². The molecule has 2 N–H and O–H groups in total. The molecule has 0 atom stereocenters. The molecule has 1 fully saturated rings. The summed E-state index contributed by atoms with van der Waals surface area (Å²) in [7, 11) is -3.52. The number of rotatable bonds is 5. The molecule has 3 heterocycles. The van der Waals surface area contributed by atoms with Gasteiger partial charge < -0.3 is 14.5 Å². The van der Waals surface area contributed by atoms with Crippen LogP contribution in [0.3, 0.4) is 0 Å². The van der Waals surface area contributed by atoms with Crippen LogP contribution in [0.5, 0.6) is 0 Å². The molecule has 3 aliphatic rings. The summed E-state index contributed by atoms with van der Waals surface area (Å²) in [4.78, 5) is 15.5. The number of carbonyl (C=O) groups excluding carboxylic acids is 1. The molecule has 1 aromatic rings. The summed E-state index contributed by atoms with van der Waals surface area (Å²) in [6, 6.07) is 3.48. The molecule has 3 aliphatic heterocycles. The predicted octanol–water partition coefficient (Wildman–Crippen LogP) is -1.28. The van der Waals surface area contributed by atoms with Crippen molar-refractivity contribution in [2.75, 3.05) is 50.8 Å². The monoisotopic (exact) mass is 366 g/mol. The minimum absolute atomic E-state index is 0.147. The molecule has 0 aliphatic carbocycles. The standard InChI is InChI=1S/C17H23N3O4S/c21-16-2-1-13-11-15(12-14-3-5-20(16)17(13)14)25(22,23)18-4-6-19-7-9-24-10-8-19/h11-12,18H,1-10H2/p+1. The summed E-state index contributed by atoms with van der Waals surface area (Å²) in [5.41, 5.74) is 2.91. The van der Waals surface area contributed by atoms with Crippen LogP contribution in [0.25, 0.3) is 0 Å². The van der Waals surface area contributed by atoms with E-state index in [2.05, 4.69) is 4.72 Å². The molecule has 0 spiro atoms. The van der Waals surface area contributed by atoms with E-state index in [1.54, 1.807) is 17.0 Å². The average Bonchev–Trinajstić information content (AvgIpc) is 3.04. The number of anilines is 1. The summed E-state index contributed by atoms with van der Waals surface area (Å²) in [5, 5.41) is 0. The number of carbonyl (C=O) groups is 1. The van der Waals surface area contributed by atoms with E-state index in [0.717, 1.165) is 56.1 Å². The number of sulfonamides is 1. The average molecular weight is 366 g/mol. The Morgan fingerprint density at radius 1 is 1.12 bits per heavy atom. The molecule has 25 heavy (non-hydrogen) atoms. The first-order valence-corrected chi connectivity index (χ1v) is 10.4. The zero-order valence-electron chi connectivity index (χ0n) is 14.2. The second-order valence-corrected chi connectivity index (χ2v) is 8.66. The van der Waals surface area contributed by atoms with E-state index in [-0.39, 0.29) is 5.91 Å². The van der Waals surface area contributed by atoms with Crippen molar-refractivity contribution in [3.8, 4) is 0 Å². The lowest BCUT2D eigenvalue weighted by molar-refractivity contribution is -0.906. The molecule has 1 aromatic carbocycles. The highest BCUT2D eigenvalue weighted by atomic mass is 32.2. The Kier molecular flexibility index (Phi) is 4.53. The van der Waals surface area contributed by atoms with Gasteiger partial charge in [0.15, 0.2) is 0 Å². The van der Waals surface area contributed by atoms with Gasteiger partial charge in [-0.25, -0.2) is 13.1 Å². The van der Waals surface area contributed by atoms with Crippen LogP contribution in [-0.2, 0) is 32.4 Å². The van der Waals surface area contributed by atoms with Gasteiger partial charge in [0.25, 0.3) is 0 Å². The number of amides is 1. The van der Waals surface area contributed by atoms with Gasteiger partial charge in [0.1, 0.15) is 13.1 Å². The van der Waals surface area contributed by atoms with Crippen LogP contribution in [0.1, 0.15) is 17.5 Å². The lowest BCUT2D eigenvalue weighted by Crippen LogP contribution is -3.14. The van der Waals surface area contributed by atoms with Crippen LogP contribution in [0.15, 0.2) is 17.0 Å². The summed E-state index contributed by atoms with van der Waals surface area (Å²) in [5.74, 6) is 0.147. The zero-order valence-corrected chi connectivity index (χ0v) is 15.0. The molecule has 4 rings (SSSR count). The first-order chi connectivity index (χ1) is 12.0. The van der Waals surface area contributed by atoms with Gasteiger partial charge in [-0.3, -0.25) is 4.79 Å². The van der Waals surface area contributed by atoms with Gasteiger partial charge in [0.2, 0.25) is 15.9 Å². The zero-order chi connectivity index (χ0) is 17.4. The minimum Gasteiger partial charge on any atom is -0.370 e. The number of hydrogen-bond acceptors (Lipinski definition) is 4. The Morgan fingerprint density at radius 2 is 1.84 bits per heavy atom. The molecular weight excluding hydrogens is 342 g/mol. The summed E-state index contributed by atoms with van der Waals surface area (Å²) in [6.07, 6.45) is 1.82. The SMILES string of the molecule is O=C1CCc2cc(S(=O)(=O)NCC[NH+]3CCOCC3)cc3c2N1CC3. The van der Waals surface area contributed by atoms with Crippen LogP contribution < -0.4 is 14.5 Å². The molecule has 0 radical (unpaired) electrons. The molecule has 136 valence electrons. The topological polar surface area (TPSA) is 80.2 Å². The third-order valence-electron chi connectivity index (χ3n) is 5.31. The van der Waals surface area contributed by atoms with Crippen molar-refractivity contribution in [2.45, 2.75) is 24.2 Å². The predicted molar refractivity (Wildman–Crippen MR) is 92.4 cm³/mol. The second kappa shape index (κ2) is 6.68. The van der Waals surface area contributed by atoms with Gasteiger partial charge in [-0.05, 0) is 36.1 Å². The minimum atomic E-state index is -3.52. The first-order valence-electron chi connectivity index (χ1n) is 8.92. The molecule has 1 amide bonds. The van der Waals surface area contributed by atoms with E-state index in [9.17, 15) is 13.2 Å². The van der Waals surface area contributed by atoms with E-state index in [1.165, 1.54) is 4.90 Å². The van der Waals surface area contributed by atoms with Crippen LogP contribution in [0, 0.1) is 0 Å². The molecule has 0 unspecified atom stereocenters. The Hall–Kier alpha value is -1.48. The molecule has 0 aromatic heterocycles. The maximum atomic E-state index is 12.7. The number of morpholine rings is 1. The lowest BCUT2D eigenvalue weighted by Gasteiger charge is -2.26. The van der Waals surface area contributed by atoms with Crippen molar-refractivity contribution < 1.29 is 22.8 Å². The van der Waals surface area contributed by atoms with Crippen LogP contribution >= 0.6 is 0 Å². The number of nitrogens with one attached hydrogen (secondary N) is 2. The Morgan fingerprint density at radius 3 is 2.60 bits per heavy atom. The molecule has 1 saturated heterocycles. The highest BCUT2D eigenvalue weighted by Crippen LogP contribution is 2.38. The number of quaternary nitrogens is 1. The Labute approximate surface area is 148 Å². The van der Waals surface area contributed by atoms with Crippen LogP contribution in [0.2, 0.25) is 0 Å². The summed E-state index contributed by atoms with van der Waals surface area (Å²) < 4.78 is 33.4. The fourth-order valence-corrected chi connectivity index (χ4v) is 5.07. The third kappa shape index (κ3) is 3.31. The molecular formula is C17H24N3O4S+.